The fourth-order valence-electron chi connectivity index (χ4n) is 2.38. The molecule has 2 heterocycles. The van der Waals surface area contributed by atoms with Crippen molar-refractivity contribution >= 4 is 23.4 Å². The fourth-order valence-corrected chi connectivity index (χ4v) is 2.72. The summed E-state index contributed by atoms with van der Waals surface area (Å²) in [5, 5.41) is 0. The summed E-state index contributed by atoms with van der Waals surface area (Å²) in [6.45, 7) is 0. The number of H-pyrrole nitrogens is 1. The zero-order valence-electron chi connectivity index (χ0n) is 10.3. The second kappa shape index (κ2) is 4.37. The van der Waals surface area contributed by atoms with Gasteiger partial charge in [0.15, 0.2) is 10.4 Å². The van der Waals surface area contributed by atoms with Gasteiger partial charge in [0.05, 0.1) is 18.7 Å². The summed E-state index contributed by atoms with van der Waals surface area (Å²) < 4.78 is 13.3. The number of imidazole rings is 1. The zero-order chi connectivity index (χ0) is 12.7. The van der Waals surface area contributed by atoms with Gasteiger partial charge in [-0.1, -0.05) is 0 Å². The maximum atomic E-state index is 5.37. The maximum absolute atomic E-state index is 5.37. The molecule has 5 nitrogen and oxygen atoms in total. The van der Waals surface area contributed by atoms with E-state index in [0.29, 0.717) is 22.8 Å². The van der Waals surface area contributed by atoms with Gasteiger partial charge in [-0.15, -0.1) is 0 Å². The van der Waals surface area contributed by atoms with Gasteiger partial charge in [0.2, 0.25) is 5.88 Å². The van der Waals surface area contributed by atoms with Gasteiger partial charge in [0.25, 0.3) is 0 Å². The Morgan fingerprint density at radius 3 is 2.83 bits per heavy atom. The van der Waals surface area contributed by atoms with Gasteiger partial charge in [-0.3, -0.25) is 4.57 Å². The van der Waals surface area contributed by atoms with Gasteiger partial charge in [-0.2, -0.15) is 4.98 Å². The van der Waals surface area contributed by atoms with Crippen LogP contribution in [0.1, 0.15) is 18.9 Å². The van der Waals surface area contributed by atoms with E-state index in [0.717, 1.165) is 24.0 Å². The number of hydrogen-bond donors (Lipinski definition) is 1. The summed E-state index contributed by atoms with van der Waals surface area (Å²) in [5.74, 6) is 0.605. The Hall–Kier alpha value is -1.40. The first-order valence-electron chi connectivity index (χ1n) is 5.91. The third-order valence-corrected chi connectivity index (χ3v) is 3.81. The first-order chi connectivity index (χ1) is 8.72. The van der Waals surface area contributed by atoms with Crippen molar-refractivity contribution in [2.75, 3.05) is 14.2 Å². The van der Waals surface area contributed by atoms with Gasteiger partial charge in [-0.05, 0) is 31.1 Å². The molecule has 0 aliphatic heterocycles. The maximum Gasteiger partial charge on any atom is 0.215 e. The third-order valence-electron chi connectivity index (χ3n) is 3.52. The van der Waals surface area contributed by atoms with Crippen LogP contribution in [0.3, 0.4) is 0 Å². The molecule has 1 saturated carbocycles. The van der Waals surface area contributed by atoms with Crippen molar-refractivity contribution in [1.29, 1.82) is 0 Å². The summed E-state index contributed by atoms with van der Waals surface area (Å²) in [5.41, 5.74) is 1.81. The molecule has 2 aromatic heterocycles. The van der Waals surface area contributed by atoms with Crippen LogP contribution in [0.25, 0.3) is 11.2 Å². The number of pyridine rings is 1. The van der Waals surface area contributed by atoms with E-state index in [9.17, 15) is 0 Å². The Morgan fingerprint density at radius 1 is 1.39 bits per heavy atom. The lowest BCUT2D eigenvalue weighted by molar-refractivity contribution is 0.00682. The Morgan fingerprint density at radius 2 is 2.17 bits per heavy atom. The van der Waals surface area contributed by atoms with Crippen LogP contribution in [0, 0.1) is 4.77 Å². The Kier molecular flexibility index (Phi) is 2.83. The summed E-state index contributed by atoms with van der Waals surface area (Å²) in [6, 6.07) is 4.15. The quantitative estimate of drug-likeness (QED) is 0.866. The molecule has 0 saturated heterocycles. The van der Waals surface area contributed by atoms with Crippen molar-refractivity contribution in [3.63, 3.8) is 0 Å². The highest BCUT2D eigenvalue weighted by atomic mass is 32.1. The number of aromatic amines is 1. The van der Waals surface area contributed by atoms with E-state index in [1.165, 1.54) is 0 Å². The van der Waals surface area contributed by atoms with Crippen molar-refractivity contribution in [2.45, 2.75) is 25.0 Å². The average Bonchev–Trinajstić information content (AvgIpc) is 2.64. The SMILES string of the molecule is COc1ccc2[nH]c(=S)n(C3CC(OC)C3)c2n1. The number of ether oxygens (including phenoxy) is 2. The summed E-state index contributed by atoms with van der Waals surface area (Å²) in [6.07, 6.45) is 2.31. The lowest BCUT2D eigenvalue weighted by Gasteiger charge is -2.35. The molecule has 0 atom stereocenters. The van der Waals surface area contributed by atoms with Gasteiger partial charge in [0, 0.05) is 19.2 Å². The molecule has 6 heteroatoms. The zero-order valence-corrected chi connectivity index (χ0v) is 11.2. The topological polar surface area (TPSA) is 52.1 Å². The minimum absolute atomic E-state index is 0.340. The van der Waals surface area contributed by atoms with Gasteiger partial charge < -0.3 is 14.5 Å². The highest BCUT2D eigenvalue weighted by Crippen LogP contribution is 2.36. The molecule has 3 rings (SSSR count). The van der Waals surface area contributed by atoms with E-state index in [-0.39, 0.29) is 0 Å². The van der Waals surface area contributed by atoms with E-state index in [1.807, 2.05) is 12.1 Å². The molecule has 1 aliphatic rings. The lowest BCUT2D eigenvalue weighted by atomic mass is 9.89. The van der Waals surface area contributed by atoms with Crippen molar-refractivity contribution in [2.24, 2.45) is 0 Å². The van der Waals surface area contributed by atoms with Crippen molar-refractivity contribution in [1.82, 2.24) is 14.5 Å². The minimum Gasteiger partial charge on any atom is -0.481 e. The number of nitrogens with zero attached hydrogens (tertiary/aromatic N) is 2. The van der Waals surface area contributed by atoms with Crippen molar-refractivity contribution < 1.29 is 9.47 Å². The average molecular weight is 265 g/mol. The molecular weight excluding hydrogens is 250 g/mol. The van der Waals surface area contributed by atoms with E-state index in [2.05, 4.69) is 14.5 Å². The molecule has 0 radical (unpaired) electrons. The fraction of sp³-hybridized carbons (Fsp3) is 0.500. The molecule has 1 N–H and O–H groups in total. The number of aromatic nitrogens is 3. The molecule has 0 unspecified atom stereocenters. The number of rotatable bonds is 3. The van der Waals surface area contributed by atoms with Gasteiger partial charge in [0.1, 0.15) is 0 Å². The second-order valence-electron chi connectivity index (χ2n) is 4.51. The third kappa shape index (κ3) is 1.72. The molecule has 1 aliphatic carbocycles. The Bertz CT molecular complexity index is 628. The number of nitrogens with one attached hydrogen (secondary N) is 1. The van der Waals surface area contributed by atoms with E-state index in [4.69, 9.17) is 21.7 Å². The number of methoxy groups -OCH3 is 2. The van der Waals surface area contributed by atoms with Crippen LogP contribution in [0.4, 0.5) is 0 Å². The highest BCUT2D eigenvalue weighted by Gasteiger charge is 2.32. The first-order valence-corrected chi connectivity index (χ1v) is 6.31. The van der Waals surface area contributed by atoms with Gasteiger partial charge >= 0.3 is 0 Å². The van der Waals surface area contributed by atoms with Crippen LogP contribution in [-0.2, 0) is 4.74 Å². The minimum atomic E-state index is 0.340. The molecule has 0 aromatic carbocycles. The molecule has 2 aromatic rings. The van der Waals surface area contributed by atoms with Crippen molar-refractivity contribution in [3.05, 3.63) is 16.9 Å². The lowest BCUT2D eigenvalue weighted by Crippen LogP contribution is -2.32. The normalized spacial score (nSPS) is 23.0. The van der Waals surface area contributed by atoms with Crippen LogP contribution >= 0.6 is 12.2 Å². The number of hydrogen-bond acceptors (Lipinski definition) is 4. The Labute approximate surface area is 110 Å². The molecule has 96 valence electrons. The van der Waals surface area contributed by atoms with Crippen LogP contribution < -0.4 is 4.74 Å². The van der Waals surface area contributed by atoms with Crippen molar-refractivity contribution in [3.8, 4) is 5.88 Å². The molecule has 1 fully saturated rings. The molecule has 0 bridgehead atoms. The predicted octanol–water partition coefficient (Wildman–Crippen LogP) is 2.45. The highest BCUT2D eigenvalue weighted by molar-refractivity contribution is 7.71. The molecular formula is C12H15N3O2S. The van der Waals surface area contributed by atoms with Crippen LogP contribution in [0.5, 0.6) is 5.88 Å². The summed E-state index contributed by atoms with van der Waals surface area (Å²) >= 11 is 5.37. The monoisotopic (exact) mass is 265 g/mol. The standard InChI is InChI=1S/C12H15N3O2S/c1-16-8-5-7(6-8)15-11-9(13-12(15)18)3-4-10(14-11)17-2/h3-4,7-8H,5-6H2,1-2H3,(H,13,18). The molecule has 0 spiro atoms. The van der Waals surface area contributed by atoms with E-state index < -0.39 is 0 Å². The summed E-state index contributed by atoms with van der Waals surface area (Å²) in [4.78, 5) is 7.65. The molecule has 0 amide bonds. The largest absolute Gasteiger partial charge is 0.481 e. The van der Waals surface area contributed by atoms with E-state index in [1.54, 1.807) is 14.2 Å². The summed E-state index contributed by atoms with van der Waals surface area (Å²) in [7, 11) is 3.36. The molecule has 18 heavy (non-hydrogen) atoms. The second-order valence-corrected chi connectivity index (χ2v) is 4.89. The predicted molar refractivity (Wildman–Crippen MR) is 70.5 cm³/mol. The first kappa shape index (κ1) is 11.7. The van der Waals surface area contributed by atoms with Crippen LogP contribution in [0.15, 0.2) is 12.1 Å². The van der Waals surface area contributed by atoms with E-state index >= 15 is 0 Å². The van der Waals surface area contributed by atoms with Gasteiger partial charge in [-0.25, -0.2) is 0 Å². The van der Waals surface area contributed by atoms with Crippen LogP contribution in [-0.4, -0.2) is 34.9 Å². The smallest absolute Gasteiger partial charge is 0.215 e. The van der Waals surface area contributed by atoms with Crippen LogP contribution in [0.2, 0.25) is 0 Å². The Balaban J connectivity index is 2.05. The number of fused-ring (bicyclic) bond motifs is 1.